The Bertz CT molecular complexity index is 2130. The Hall–Kier alpha value is -5.86. The lowest BCUT2D eigenvalue weighted by Gasteiger charge is -2.30. The minimum Gasteiger partial charge on any atom is -0.282 e. The van der Waals surface area contributed by atoms with Crippen LogP contribution in [0.25, 0.3) is 0 Å². The fourth-order valence-electron chi connectivity index (χ4n) is 8.09. The van der Waals surface area contributed by atoms with Crippen LogP contribution in [0.15, 0.2) is 83.0 Å². The number of benzene rings is 4. The van der Waals surface area contributed by atoms with Crippen molar-refractivity contribution >= 4 is 12.4 Å². The van der Waals surface area contributed by atoms with Crippen molar-refractivity contribution < 1.29 is 105 Å². The van der Waals surface area contributed by atoms with Crippen LogP contribution in [0, 0.1) is 0 Å². The van der Waals surface area contributed by atoms with E-state index in [0.717, 1.165) is 0 Å². The van der Waals surface area contributed by atoms with Gasteiger partial charge in [-0.25, -0.2) is 0 Å². The third kappa shape index (κ3) is 12.0. The van der Waals surface area contributed by atoms with E-state index in [2.05, 4.69) is 10.2 Å². The summed E-state index contributed by atoms with van der Waals surface area (Å²) in [6.07, 6.45) is -45.6. The highest BCUT2D eigenvalue weighted by atomic mass is 19.4. The molecule has 0 amide bonds. The van der Waals surface area contributed by atoms with E-state index in [4.69, 9.17) is 0 Å². The zero-order valence-corrected chi connectivity index (χ0v) is 34.1. The summed E-state index contributed by atoms with van der Waals surface area (Å²) < 4.78 is 334. The maximum atomic E-state index is 13.9. The minimum atomic E-state index is -5.48. The van der Waals surface area contributed by atoms with Gasteiger partial charge < -0.3 is 0 Å². The Balaban J connectivity index is 1.54. The smallest absolute Gasteiger partial charge is 0.282 e. The van der Waals surface area contributed by atoms with Crippen LogP contribution in [0.2, 0.25) is 0 Å². The van der Waals surface area contributed by atoms with Crippen molar-refractivity contribution in [2.24, 2.45) is 10.2 Å². The molecule has 2 heterocycles. The number of rotatable bonds is 7. The second-order valence-electron chi connectivity index (χ2n) is 15.9. The first-order valence-electron chi connectivity index (χ1n) is 19.5. The third-order valence-electron chi connectivity index (χ3n) is 11.2. The van der Waals surface area contributed by atoms with Crippen molar-refractivity contribution in [1.82, 2.24) is 10.0 Å². The number of nitrogens with zero attached hydrogens (tertiary/aromatic N) is 4. The van der Waals surface area contributed by atoms with Gasteiger partial charge in [-0.05, 0) is 121 Å². The second kappa shape index (κ2) is 18.1. The normalized spacial score (nSPS) is 20.5. The standard InChI is InChI=1S/C42H26F24N4/c43-35(44,45)23-7-19(8-24(15-23)36(46,47)48)31-1-2-32(20-9-25(37(49,50)51)16-26(10-20)38(52,53)54)69(31)67-5-6-68-70-33(21-11-27(39(55,56)57)17-28(12-21)40(58,59)60)3-4-34(70)22-13-29(41(61,62)63)18-30(14-22)42(64,65)66/h5-18,31-34H,1-4H2/b67-5+,68-6+/t31-,32-,33-,34-/m0/s1. The van der Waals surface area contributed by atoms with Gasteiger partial charge in [0.05, 0.1) is 81.1 Å². The quantitative estimate of drug-likeness (QED) is 0.136. The molecule has 2 aliphatic rings. The van der Waals surface area contributed by atoms with E-state index in [-0.39, 0.29) is 72.8 Å². The van der Waals surface area contributed by atoms with E-state index in [9.17, 15) is 105 Å². The highest BCUT2D eigenvalue weighted by Gasteiger charge is 2.46. The van der Waals surface area contributed by atoms with Gasteiger partial charge in [0, 0.05) is 0 Å². The van der Waals surface area contributed by atoms with E-state index in [0.29, 0.717) is 22.4 Å². The number of halogens is 24. The number of alkyl halides is 24. The van der Waals surface area contributed by atoms with E-state index in [1.54, 1.807) is 0 Å². The number of hydrogen-bond acceptors (Lipinski definition) is 4. The third-order valence-corrected chi connectivity index (χ3v) is 11.2. The predicted octanol–water partition coefficient (Wildman–Crippen LogP) is 16.3. The summed E-state index contributed by atoms with van der Waals surface area (Å²) in [5.41, 5.74) is -18.9. The largest absolute Gasteiger partial charge is 0.416 e. The summed E-state index contributed by atoms with van der Waals surface area (Å²) in [6, 6.07) is -7.23. The van der Waals surface area contributed by atoms with Gasteiger partial charge in [-0.2, -0.15) is 116 Å². The summed E-state index contributed by atoms with van der Waals surface area (Å²) in [5, 5.41) is 8.70. The average molecular weight is 1040 g/mol. The SMILES string of the molecule is FC(F)(F)c1cc([C@@H]2CC[C@@H](c3cc(C(F)(F)F)cc(C(F)(F)F)c3)N2/N=C/C=N/N2[C@H](c3cc(C(F)(F)F)cc(C(F)(F)F)c3)CC[C@H]2c2cc(C(F)(F)F)cc(C(F)(F)F)c2)cc(C(F)(F)F)c1. The molecule has 2 fully saturated rings. The molecule has 2 saturated heterocycles. The van der Waals surface area contributed by atoms with Crippen LogP contribution < -0.4 is 0 Å². The molecule has 0 N–H and O–H groups in total. The topological polar surface area (TPSA) is 31.2 Å². The molecular formula is C42H26F24N4. The summed E-state index contributed by atoms with van der Waals surface area (Å²) in [5.74, 6) is 0. The molecule has 382 valence electrons. The Labute approximate surface area is 376 Å². The first kappa shape index (κ1) is 53.5. The van der Waals surface area contributed by atoms with E-state index in [1.165, 1.54) is 0 Å². The monoisotopic (exact) mass is 1040 g/mol. The highest BCUT2D eigenvalue weighted by molar-refractivity contribution is 6.15. The summed E-state index contributed by atoms with van der Waals surface area (Å²) in [7, 11) is 0. The van der Waals surface area contributed by atoms with Gasteiger partial charge in [0.25, 0.3) is 0 Å². The van der Waals surface area contributed by atoms with Crippen molar-refractivity contribution in [2.45, 2.75) is 99.3 Å². The van der Waals surface area contributed by atoms with E-state index in [1.807, 2.05) is 0 Å². The Kier molecular flexibility index (Phi) is 13.8. The molecule has 0 bridgehead atoms. The Morgan fingerprint density at radius 2 is 0.414 bits per heavy atom. The van der Waals surface area contributed by atoms with E-state index >= 15 is 0 Å². The molecule has 28 heteroatoms. The second-order valence-corrected chi connectivity index (χ2v) is 15.9. The van der Waals surface area contributed by atoms with Gasteiger partial charge in [-0.3, -0.25) is 10.0 Å². The van der Waals surface area contributed by atoms with Crippen LogP contribution in [-0.2, 0) is 49.4 Å². The molecule has 6 rings (SSSR count). The van der Waals surface area contributed by atoms with Gasteiger partial charge in [0.1, 0.15) is 0 Å². The van der Waals surface area contributed by atoms with Crippen LogP contribution >= 0.6 is 0 Å². The van der Waals surface area contributed by atoms with Crippen LogP contribution in [0.3, 0.4) is 0 Å². The highest BCUT2D eigenvalue weighted by Crippen LogP contribution is 2.51. The minimum absolute atomic E-state index is 0.181. The van der Waals surface area contributed by atoms with Crippen molar-refractivity contribution in [3.63, 3.8) is 0 Å². The molecule has 0 saturated carbocycles. The molecule has 2 aliphatic heterocycles. The number of hydrogen-bond donors (Lipinski definition) is 0. The van der Waals surface area contributed by atoms with Gasteiger partial charge in [0.15, 0.2) is 0 Å². The maximum Gasteiger partial charge on any atom is 0.416 e. The zero-order chi connectivity index (χ0) is 52.5. The Morgan fingerprint density at radius 1 is 0.271 bits per heavy atom. The van der Waals surface area contributed by atoms with Crippen LogP contribution in [0.1, 0.15) is 117 Å². The lowest BCUT2D eigenvalue weighted by molar-refractivity contribution is -0.144. The molecule has 70 heavy (non-hydrogen) atoms. The fraction of sp³-hybridized carbons (Fsp3) is 0.381. The molecule has 0 aromatic heterocycles. The molecule has 0 spiro atoms. The predicted molar refractivity (Wildman–Crippen MR) is 196 cm³/mol. The molecule has 4 aromatic carbocycles. The summed E-state index contributed by atoms with van der Waals surface area (Å²) in [4.78, 5) is 0. The van der Waals surface area contributed by atoms with Crippen molar-refractivity contribution in [1.29, 1.82) is 0 Å². The molecular weight excluding hydrogens is 1020 g/mol. The van der Waals surface area contributed by atoms with Crippen molar-refractivity contribution in [2.75, 3.05) is 0 Å². The van der Waals surface area contributed by atoms with Crippen LogP contribution in [0.5, 0.6) is 0 Å². The van der Waals surface area contributed by atoms with E-state index < -0.39 is 166 Å². The zero-order valence-electron chi connectivity index (χ0n) is 34.1. The molecule has 4 aromatic rings. The maximum absolute atomic E-state index is 13.9. The van der Waals surface area contributed by atoms with Crippen molar-refractivity contribution in [3.05, 3.63) is 140 Å². The molecule has 0 aliphatic carbocycles. The molecule has 0 unspecified atom stereocenters. The van der Waals surface area contributed by atoms with Gasteiger partial charge in [-0.1, -0.05) is 0 Å². The fourth-order valence-corrected chi connectivity index (χ4v) is 8.09. The van der Waals surface area contributed by atoms with Crippen LogP contribution in [0.4, 0.5) is 105 Å². The number of hydrazone groups is 2. The van der Waals surface area contributed by atoms with Gasteiger partial charge in [0.2, 0.25) is 0 Å². The lowest BCUT2D eigenvalue weighted by Crippen LogP contribution is -2.24. The van der Waals surface area contributed by atoms with Crippen LogP contribution in [-0.4, -0.2) is 22.4 Å². The lowest BCUT2D eigenvalue weighted by atomic mass is 9.97. The first-order valence-corrected chi connectivity index (χ1v) is 19.5. The summed E-state index contributed by atoms with van der Waals surface area (Å²) >= 11 is 0. The van der Waals surface area contributed by atoms with Crippen molar-refractivity contribution in [3.8, 4) is 0 Å². The molecule has 4 nitrogen and oxygen atoms in total. The summed E-state index contributed by atoms with van der Waals surface area (Å²) in [6.45, 7) is 0. The average Bonchev–Trinajstić information content (AvgIpc) is 3.84. The Morgan fingerprint density at radius 3 is 0.543 bits per heavy atom. The first-order chi connectivity index (χ1) is 31.7. The van der Waals surface area contributed by atoms with Gasteiger partial charge >= 0.3 is 49.4 Å². The van der Waals surface area contributed by atoms with Gasteiger partial charge in [-0.15, -0.1) is 0 Å². The molecule has 0 radical (unpaired) electrons. The molecule has 4 atom stereocenters.